The van der Waals surface area contributed by atoms with Gasteiger partial charge in [0.1, 0.15) is 24.6 Å². The number of carbonyl (C=O) groups excluding carboxylic acids is 4. The number of hydrogen-bond donors (Lipinski definition) is 2. The SMILES string of the molecule is COC(=O)c1ccc(COc2ccc(/C=C3/NC(=O)N(CC(=O)Nc4ccc(Cl)cc4)C3=O)cc2OC)o1. The van der Waals surface area contributed by atoms with Gasteiger partial charge in [-0.2, -0.15) is 0 Å². The Morgan fingerprint density at radius 1 is 1.05 bits per heavy atom. The van der Waals surface area contributed by atoms with Gasteiger partial charge in [-0.05, 0) is 60.2 Å². The van der Waals surface area contributed by atoms with E-state index < -0.39 is 30.4 Å². The average molecular weight is 540 g/mol. The average Bonchev–Trinajstić information content (AvgIpc) is 3.49. The normalized spacial score (nSPS) is 13.9. The van der Waals surface area contributed by atoms with Crippen LogP contribution in [0.15, 0.2) is 64.7 Å². The van der Waals surface area contributed by atoms with Crippen LogP contribution in [0.25, 0.3) is 6.08 Å². The highest BCUT2D eigenvalue weighted by molar-refractivity contribution is 6.30. The molecule has 2 N–H and O–H groups in total. The number of furan rings is 1. The topological polar surface area (TPSA) is 136 Å². The molecule has 12 heteroatoms. The molecular formula is C26H22ClN3O8. The fraction of sp³-hybridized carbons (Fsp3) is 0.154. The number of benzene rings is 2. The van der Waals surface area contributed by atoms with Crippen molar-refractivity contribution in [2.45, 2.75) is 6.61 Å². The molecule has 4 amide bonds. The minimum absolute atomic E-state index is 0.00376. The first-order valence-electron chi connectivity index (χ1n) is 11.1. The van der Waals surface area contributed by atoms with Crippen LogP contribution in [0.5, 0.6) is 11.5 Å². The summed E-state index contributed by atoms with van der Waals surface area (Å²) in [6.07, 6.45) is 1.46. The molecule has 4 rings (SSSR count). The third-order valence-corrected chi connectivity index (χ3v) is 5.56. The number of anilines is 1. The van der Waals surface area contributed by atoms with Crippen LogP contribution < -0.4 is 20.1 Å². The fourth-order valence-electron chi connectivity index (χ4n) is 3.47. The number of rotatable bonds is 9. The van der Waals surface area contributed by atoms with Gasteiger partial charge < -0.3 is 29.3 Å². The summed E-state index contributed by atoms with van der Waals surface area (Å²) in [7, 11) is 2.70. The number of nitrogens with one attached hydrogen (secondary N) is 2. The lowest BCUT2D eigenvalue weighted by Gasteiger charge is -2.12. The molecule has 1 aromatic heterocycles. The van der Waals surface area contributed by atoms with Gasteiger partial charge in [-0.15, -0.1) is 0 Å². The van der Waals surface area contributed by atoms with Crippen molar-refractivity contribution in [3.05, 3.63) is 82.4 Å². The number of nitrogens with zero attached hydrogens (tertiary/aromatic N) is 1. The number of esters is 1. The molecule has 0 radical (unpaired) electrons. The maximum Gasteiger partial charge on any atom is 0.373 e. The minimum atomic E-state index is -0.718. The van der Waals surface area contributed by atoms with Gasteiger partial charge in [0.25, 0.3) is 5.91 Å². The predicted octanol–water partition coefficient (Wildman–Crippen LogP) is 3.84. The van der Waals surface area contributed by atoms with Crippen molar-refractivity contribution < 1.29 is 37.8 Å². The van der Waals surface area contributed by atoms with Crippen LogP contribution in [0.1, 0.15) is 21.9 Å². The molecule has 0 aliphatic carbocycles. The number of ether oxygens (including phenoxy) is 3. The van der Waals surface area contributed by atoms with Crippen molar-refractivity contribution in [1.82, 2.24) is 10.2 Å². The second kappa shape index (κ2) is 11.5. The molecule has 0 spiro atoms. The van der Waals surface area contributed by atoms with Gasteiger partial charge in [-0.1, -0.05) is 17.7 Å². The lowest BCUT2D eigenvalue weighted by atomic mass is 10.1. The van der Waals surface area contributed by atoms with Gasteiger partial charge >= 0.3 is 12.0 Å². The van der Waals surface area contributed by atoms with E-state index in [9.17, 15) is 19.2 Å². The van der Waals surface area contributed by atoms with Crippen molar-refractivity contribution in [2.24, 2.45) is 0 Å². The molecule has 2 heterocycles. The third-order valence-electron chi connectivity index (χ3n) is 5.31. The summed E-state index contributed by atoms with van der Waals surface area (Å²) in [6.45, 7) is -0.444. The van der Waals surface area contributed by atoms with Gasteiger partial charge in [-0.25, -0.2) is 14.5 Å². The molecular weight excluding hydrogens is 518 g/mol. The fourth-order valence-corrected chi connectivity index (χ4v) is 3.59. The van der Waals surface area contributed by atoms with Crippen LogP contribution in [0.4, 0.5) is 10.5 Å². The number of imide groups is 1. The van der Waals surface area contributed by atoms with Crippen molar-refractivity contribution in [3.63, 3.8) is 0 Å². The summed E-state index contributed by atoms with van der Waals surface area (Å²) in [5.41, 5.74) is 1.01. The molecule has 1 fully saturated rings. The molecule has 2 aromatic carbocycles. The number of urea groups is 1. The maximum absolute atomic E-state index is 12.8. The summed E-state index contributed by atoms with van der Waals surface area (Å²) >= 11 is 5.83. The second-order valence-electron chi connectivity index (χ2n) is 7.89. The van der Waals surface area contributed by atoms with Gasteiger partial charge in [0, 0.05) is 10.7 Å². The summed E-state index contributed by atoms with van der Waals surface area (Å²) in [5.74, 6) is -0.600. The van der Waals surface area contributed by atoms with Gasteiger partial charge in [0.05, 0.1) is 14.2 Å². The molecule has 1 saturated heterocycles. The van der Waals surface area contributed by atoms with Crippen LogP contribution in [0.3, 0.4) is 0 Å². The highest BCUT2D eigenvalue weighted by Crippen LogP contribution is 2.30. The Balaban J connectivity index is 1.40. The molecule has 1 aliphatic rings. The van der Waals surface area contributed by atoms with E-state index in [1.807, 2.05) is 0 Å². The van der Waals surface area contributed by atoms with Crippen molar-refractivity contribution >= 4 is 47.2 Å². The van der Waals surface area contributed by atoms with E-state index in [4.69, 9.17) is 25.5 Å². The number of halogens is 1. The van der Waals surface area contributed by atoms with Crippen molar-refractivity contribution in [1.29, 1.82) is 0 Å². The van der Waals surface area contributed by atoms with Crippen LogP contribution in [0, 0.1) is 0 Å². The van der Waals surface area contributed by atoms with Crippen molar-refractivity contribution in [2.75, 3.05) is 26.1 Å². The third kappa shape index (κ3) is 6.13. The predicted molar refractivity (Wildman–Crippen MR) is 136 cm³/mol. The quantitative estimate of drug-likeness (QED) is 0.238. The lowest BCUT2D eigenvalue weighted by Crippen LogP contribution is -2.38. The van der Waals surface area contributed by atoms with Crippen LogP contribution in [0.2, 0.25) is 5.02 Å². The molecule has 1 aliphatic heterocycles. The van der Waals surface area contributed by atoms with Crippen molar-refractivity contribution in [3.8, 4) is 11.5 Å². The summed E-state index contributed by atoms with van der Waals surface area (Å²) in [5, 5.41) is 5.59. The number of carbonyl (C=O) groups is 4. The van der Waals surface area contributed by atoms with E-state index in [-0.39, 0.29) is 18.1 Å². The van der Waals surface area contributed by atoms with E-state index >= 15 is 0 Å². The number of amides is 4. The van der Waals surface area contributed by atoms with Crippen LogP contribution in [-0.4, -0.2) is 49.5 Å². The van der Waals surface area contributed by atoms with Gasteiger partial charge in [-0.3, -0.25) is 9.59 Å². The second-order valence-corrected chi connectivity index (χ2v) is 8.33. The van der Waals surface area contributed by atoms with Gasteiger partial charge in [0.15, 0.2) is 11.5 Å². The lowest BCUT2D eigenvalue weighted by molar-refractivity contribution is -0.127. The Bertz CT molecular complexity index is 1410. The molecule has 196 valence electrons. The first kappa shape index (κ1) is 26.3. The Kier molecular flexibility index (Phi) is 7.97. The molecule has 11 nitrogen and oxygen atoms in total. The smallest absolute Gasteiger partial charge is 0.373 e. The monoisotopic (exact) mass is 539 g/mol. The van der Waals surface area contributed by atoms with E-state index in [1.54, 1.807) is 48.5 Å². The molecule has 38 heavy (non-hydrogen) atoms. The Morgan fingerprint density at radius 3 is 2.53 bits per heavy atom. The molecule has 0 saturated carbocycles. The zero-order chi connectivity index (χ0) is 27.2. The molecule has 0 atom stereocenters. The van der Waals surface area contributed by atoms with E-state index in [0.717, 1.165) is 4.90 Å². The Hall–Kier alpha value is -4.77. The first-order valence-corrected chi connectivity index (χ1v) is 11.5. The molecule has 0 unspecified atom stereocenters. The molecule has 3 aromatic rings. The largest absolute Gasteiger partial charge is 0.493 e. The maximum atomic E-state index is 12.8. The zero-order valence-electron chi connectivity index (χ0n) is 20.3. The number of methoxy groups -OCH3 is 2. The Morgan fingerprint density at radius 2 is 1.82 bits per heavy atom. The van der Waals surface area contributed by atoms with Crippen LogP contribution in [-0.2, 0) is 20.9 Å². The molecule has 0 bridgehead atoms. The Labute approximate surface area is 221 Å². The minimum Gasteiger partial charge on any atom is -0.493 e. The van der Waals surface area contributed by atoms with E-state index in [2.05, 4.69) is 15.4 Å². The van der Waals surface area contributed by atoms with Gasteiger partial charge in [0.2, 0.25) is 11.7 Å². The standard InChI is InChI=1S/C26H22ClN3O8/c1-35-22-12-15(3-9-20(22)37-14-18-8-10-21(38-18)25(33)36-2)11-19-24(32)30(26(34)29-19)13-23(31)28-17-6-4-16(27)5-7-17/h3-12H,13-14H2,1-2H3,(H,28,31)(H,29,34)/b19-11+. The zero-order valence-corrected chi connectivity index (χ0v) is 21.0. The van der Waals surface area contributed by atoms with E-state index in [1.165, 1.54) is 26.4 Å². The summed E-state index contributed by atoms with van der Waals surface area (Å²) < 4.78 is 21.1. The van der Waals surface area contributed by atoms with Crippen LogP contribution >= 0.6 is 11.6 Å². The first-order chi connectivity index (χ1) is 18.3. The highest BCUT2D eigenvalue weighted by atomic mass is 35.5. The summed E-state index contributed by atoms with van der Waals surface area (Å²) in [4.78, 5) is 49.8. The summed E-state index contributed by atoms with van der Waals surface area (Å²) in [6, 6.07) is 13.7. The van der Waals surface area contributed by atoms with E-state index in [0.29, 0.717) is 33.5 Å². The number of hydrogen-bond acceptors (Lipinski definition) is 8. The highest BCUT2D eigenvalue weighted by Gasteiger charge is 2.35.